The summed E-state index contributed by atoms with van der Waals surface area (Å²) in [6, 6.07) is 15.4. The molecule has 0 atom stereocenters. The van der Waals surface area contributed by atoms with Gasteiger partial charge in [0.2, 0.25) is 0 Å². The van der Waals surface area contributed by atoms with Crippen molar-refractivity contribution in [1.82, 2.24) is 4.90 Å². The number of carboxylic acid groups (broad SMARTS) is 1. The van der Waals surface area contributed by atoms with Crippen LogP contribution in [0.3, 0.4) is 0 Å². The third kappa shape index (κ3) is 8.07. The number of anilines is 2. The van der Waals surface area contributed by atoms with E-state index < -0.39 is 24.9 Å². The Morgan fingerprint density at radius 1 is 1.16 bits per heavy atom. The van der Waals surface area contributed by atoms with Crippen LogP contribution in [0.1, 0.15) is 19.8 Å². The Hall–Kier alpha value is -3.86. The lowest BCUT2D eigenvalue weighted by atomic mass is 9.94. The van der Waals surface area contributed by atoms with Crippen LogP contribution < -0.4 is 9.64 Å². The van der Waals surface area contributed by atoms with Gasteiger partial charge in [-0.05, 0) is 50.0 Å². The first kappa shape index (κ1) is 27.7. The summed E-state index contributed by atoms with van der Waals surface area (Å²) in [6.45, 7) is 2.33. The summed E-state index contributed by atoms with van der Waals surface area (Å²) < 4.78 is 49.7. The van der Waals surface area contributed by atoms with Crippen molar-refractivity contribution in [2.24, 2.45) is 9.98 Å². The number of amidine groups is 1. The van der Waals surface area contributed by atoms with E-state index >= 15 is 4.39 Å². The minimum Gasteiger partial charge on any atom is -0.480 e. The van der Waals surface area contributed by atoms with E-state index in [1.54, 1.807) is 24.0 Å². The normalized spacial score (nSPS) is 16.0. The highest BCUT2D eigenvalue weighted by atomic mass is 19.3. The average Bonchev–Trinajstić information content (AvgIpc) is 2.86. The predicted molar refractivity (Wildman–Crippen MR) is 135 cm³/mol. The number of alkyl halides is 3. The number of para-hydroxylation sites is 1. The molecule has 0 radical (unpaired) electrons. The van der Waals surface area contributed by atoms with Gasteiger partial charge in [0, 0.05) is 37.3 Å². The summed E-state index contributed by atoms with van der Waals surface area (Å²) in [5, 5.41) is 8.70. The van der Waals surface area contributed by atoms with Crippen LogP contribution in [0.15, 0.2) is 76.6 Å². The van der Waals surface area contributed by atoms with E-state index in [1.165, 1.54) is 18.3 Å². The van der Waals surface area contributed by atoms with Crippen LogP contribution in [0, 0.1) is 0 Å². The van der Waals surface area contributed by atoms with Gasteiger partial charge >= 0.3 is 12.6 Å². The largest absolute Gasteiger partial charge is 0.480 e. The van der Waals surface area contributed by atoms with Gasteiger partial charge in [-0.3, -0.25) is 9.89 Å². The number of carbonyl (C=O) groups is 1. The van der Waals surface area contributed by atoms with Crippen molar-refractivity contribution < 1.29 is 32.5 Å². The van der Waals surface area contributed by atoms with Crippen molar-refractivity contribution in [3.63, 3.8) is 0 Å². The summed E-state index contributed by atoms with van der Waals surface area (Å²) in [5.74, 6) is -0.0995. The number of hydrogen-bond acceptors (Lipinski definition) is 6. The Balaban J connectivity index is 1.83. The van der Waals surface area contributed by atoms with Crippen molar-refractivity contribution in [3.8, 4) is 5.75 Å². The van der Waals surface area contributed by atoms with Crippen LogP contribution >= 0.6 is 0 Å². The first-order valence-corrected chi connectivity index (χ1v) is 11.6. The molecule has 1 aliphatic rings. The molecule has 2 aromatic carbocycles. The average molecular weight is 519 g/mol. The van der Waals surface area contributed by atoms with Gasteiger partial charge < -0.3 is 19.5 Å². The second-order valence-corrected chi connectivity index (χ2v) is 8.40. The molecule has 1 heterocycles. The molecule has 1 aliphatic heterocycles. The fourth-order valence-corrected chi connectivity index (χ4v) is 3.92. The molecule has 0 aliphatic carbocycles. The first-order chi connectivity index (χ1) is 17.7. The lowest BCUT2D eigenvalue weighted by Crippen LogP contribution is -2.46. The molecule has 1 N–H and O–H groups in total. The maximum Gasteiger partial charge on any atom is 0.387 e. The Kier molecular flexibility index (Phi) is 9.67. The number of piperidine rings is 1. The van der Waals surface area contributed by atoms with Gasteiger partial charge in [-0.25, -0.2) is 14.2 Å². The third-order valence-electron chi connectivity index (χ3n) is 5.75. The van der Waals surface area contributed by atoms with Crippen molar-refractivity contribution in [2.75, 3.05) is 31.2 Å². The molecule has 1 fully saturated rings. The minimum atomic E-state index is -2.93. The van der Waals surface area contributed by atoms with E-state index in [1.807, 2.05) is 35.2 Å². The number of benzene rings is 2. The number of halogens is 3. The predicted octanol–water partition coefficient (Wildman–Crippen LogP) is 5.25. The maximum absolute atomic E-state index is 15.0. The van der Waals surface area contributed by atoms with E-state index in [-0.39, 0.29) is 25.2 Å². The fraction of sp³-hybridized carbons (Fsp3) is 0.346. The van der Waals surface area contributed by atoms with Gasteiger partial charge in [0.25, 0.3) is 0 Å². The number of ether oxygens (including phenoxy) is 2. The molecule has 3 rings (SSSR count). The zero-order valence-electron chi connectivity index (χ0n) is 20.4. The number of hydrogen-bond donors (Lipinski definition) is 1. The molecule has 11 heteroatoms. The summed E-state index contributed by atoms with van der Waals surface area (Å²) in [5.41, 5.74) is -0.240. The Morgan fingerprint density at radius 3 is 2.35 bits per heavy atom. The molecule has 0 saturated carbocycles. The highest BCUT2D eigenvalue weighted by Gasteiger charge is 2.35. The standard InChI is InChI=1S/C26H29F3N4O4/c1-19(32-14-12-26(29,13-15-32)18-36-17-24(34)35)31-23(16-30-2)33(20-6-4-3-5-7-20)21-8-10-22(11-9-21)37-25(27)28/h3-11,16,25H,2,12-15,17-18H2,1H3,(H,34,35)/b23-16+,31-19?. The SMILES string of the molecule is C=N/C=C(\N=C(C)N1CCC(F)(COCC(=O)O)CC1)N(c1ccccc1)c1ccc(OC(F)F)cc1. The molecule has 0 unspecified atom stereocenters. The summed E-state index contributed by atoms with van der Waals surface area (Å²) >= 11 is 0. The molecular formula is C26H29F3N4O4. The minimum absolute atomic E-state index is 0.0224. The Labute approximate surface area is 213 Å². The second-order valence-electron chi connectivity index (χ2n) is 8.40. The molecule has 37 heavy (non-hydrogen) atoms. The molecule has 2 aromatic rings. The van der Waals surface area contributed by atoms with Crippen molar-refractivity contribution >= 4 is 29.9 Å². The highest BCUT2D eigenvalue weighted by molar-refractivity contribution is 5.82. The zero-order valence-corrected chi connectivity index (χ0v) is 20.4. The number of carboxylic acids is 1. The van der Waals surface area contributed by atoms with Crippen LogP contribution in [0.5, 0.6) is 5.75 Å². The topological polar surface area (TPSA) is 87.0 Å². The van der Waals surface area contributed by atoms with E-state index in [2.05, 4.69) is 16.4 Å². The van der Waals surface area contributed by atoms with Crippen molar-refractivity contribution in [3.05, 3.63) is 66.6 Å². The van der Waals surface area contributed by atoms with Gasteiger partial charge in [-0.2, -0.15) is 8.78 Å². The number of aliphatic carboxylic acids is 1. The molecule has 0 bridgehead atoms. The molecule has 0 aromatic heterocycles. The molecule has 1 saturated heterocycles. The van der Waals surface area contributed by atoms with Crippen LogP contribution in [-0.4, -0.2) is 67.1 Å². The van der Waals surface area contributed by atoms with Gasteiger partial charge in [0.15, 0.2) is 5.82 Å². The smallest absolute Gasteiger partial charge is 0.387 e. The van der Waals surface area contributed by atoms with E-state index in [4.69, 9.17) is 14.8 Å². The summed E-state index contributed by atoms with van der Waals surface area (Å²) in [4.78, 5) is 23.0. The van der Waals surface area contributed by atoms with Gasteiger partial charge in [-0.15, -0.1) is 0 Å². The quantitative estimate of drug-likeness (QED) is 0.323. The van der Waals surface area contributed by atoms with Crippen LogP contribution in [0.4, 0.5) is 24.5 Å². The number of aliphatic imine (C=N–C) groups is 2. The third-order valence-corrected chi connectivity index (χ3v) is 5.75. The first-order valence-electron chi connectivity index (χ1n) is 11.6. The van der Waals surface area contributed by atoms with Gasteiger partial charge in [-0.1, -0.05) is 18.2 Å². The van der Waals surface area contributed by atoms with E-state index in [9.17, 15) is 13.6 Å². The molecule has 0 spiro atoms. The maximum atomic E-state index is 15.0. The van der Waals surface area contributed by atoms with Crippen molar-refractivity contribution in [2.45, 2.75) is 32.0 Å². The lowest BCUT2D eigenvalue weighted by Gasteiger charge is -2.37. The second kappa shape index (κ2) is 12.9. The number of nitrogens with zero attached hydrogens (tertiary/aromatic N) is 4. The van der Waals surface area contributed by atoms with Crippen LogP contribution in [0.2, 0.25) is 0 Å². The molecule has 0 amide bonds. The van der Waals surface area contributed by atoms with Crippen LogP contribution in [-0.2, 0) is 9.53 Å². The van der Waals surface area contributed by atoms with Crippen LogP contribution in [0.25, 0.3) is 0 Å². The van der Waals surface area contributed by atoms with E-state index in [0.29, 0.717) is 30.4 Å². The molecular weight excluding hydrogens is 489 g/mol. The fourth-order valence-electron chi connectivity index (χ4n) is 3.92. The summed E-state index contributed by atoms with van der Waals surface area (Å²) in [7, 11) is 0. The molecule has 198 valence electrons. The number of likely N-dealkylation sites (tertiary alicyclic amines) is 1. The Bertz CT molecular complexity index is 1100. The van der Waals surface area contributed by atoms with E-state index in [0.717, 1.165) is 5.69 Å². The molecule has 8 nitrogen and oxygen atoms in total. The Morgan fingerprint density at radius 2 is 1.78 bits per heavy atom. The monoisotopic (exact) mass is 518 g/mol. The van der Waals surface area contributed by atoms with Crippen molar-refractivity contribution in [1.29, 1.82) is 0 Å². The summed E-state index contributed by atoms with van der Waals surface area (Å²) in [6.07, 6.45) is 1.79. The number of rotatable bonds is 11. The zero-order chi connectivity index (χ0) is 26.8. The van der Waals surface area contributed by atoms with Gasteiger partial charge in [0.1, 0.15) is 23.9 Å². The highest BCUT2D eigenvalue weighted by Crippen LogP contribution is 2.33. The lowest BCUT2D eigenvalue weighted by molar-refractivity contribution is -0.144. The van der Waals surface area contributed by atoms with Gasteiger partial charge in [0.05, 0.1) is 12.8 Å².